The van der Waals surface area contributed by atoms with Crippen molar-refractivity contribution in [1.29, 1.82) is 0 Å². The van der Waals surface area contributed by atoms with Gasteiger partial charge in [-0.3, -0.25) is 14.6 Å². The number of fused-ring (bicyclic) bond motifs is 1. The molecule has 1 aromatic heterocycles. The third-order valence-electron chi connectivity index (χ3n) is 4.26. The Hall–Kier alpha value is -3.62. The average Bonchev–Trinajstić information content (AvgIpc) is 3.02. The van der Waals surface area contributed by atoms with Gasteiger partial charge in [-0.2, -0.15) is 0 Å². The minimum absolute atomic E-state index is 0.303. The normalized spacial score (nSPS) is 12.6. The van der Waals surface area contributed by atoms with Gasteiger partial charge in [-0.05, 0) is 49.0 Å². The van der Waals surface area contributed by atoms with Gasteiger partial charge in [0, 0.05) is 25.4 Å². The lowest BCUT2D eigenvalue weighted by Crippen LogP contribution is -2.16. The molecule has 30 heavy (non-hydrogen) atoms. The van der Waals surface area contributed by atoms with E-state index >= 15 is 0 Å². The van der Waals surface area contributed by atoms with Crippen LogP contribution in [0.5, 0.6) is 5.75 Å². The molecule has 156 valence electrons. The maximum atomic E-state index is 12.3. The van der Waals surface area contributed by atoms with Gasteiger partial charge in [0.2, 0.25) is 0 Å². The van der Waals surface area contributed by atoms with E-state index in [1.165, 1.54) is 28.8 Å². The number of rotatable bonds is 7. The standard InChI is InChI=1S/C21H18F3N3O3/c1-3-26-13-16(25-2)10-11-27-18-12-15(6-9-19(18)29-20(27)28)14-4-7-17(8-5-14)30-21(22,23)24/h3-9,12-13H,2,10-11H2,1H3/b16-13-,26-3?. The summed E-state index contributed by atoms with van der Waals surface area (Å²) in [4.78, 5) is 20.1. The summed E-state index contributed by atoms with van der Waals surface area (Å²) in [7, 11) is 0. The SMILES string of the molecule is C=N/C(=C\N=CC)CCn1c(=O)oc2ccc(-c3ccc(OC(F)(F)F)cc3)cc21. The molecule has 3 rings (SSSR count). The quantitative estimate of drug-likeness (QED) is 0.497. The highest BCUT2D eigenvalue weighted by Gasteiger charge is 2.30. The van der Waals surface area contributed by atoms with Gasteiger partial charge in [-0.15, -0.1) is 13.2 Å². The van der Waals surface area contributed by atoms with Crippen molar-refractivity contribution in [3.05, 3.63) is 64.9 Å². The molecule has 1 heterocycles. The van der Waals surface area contributed by atoms with Gasteiger partial charge < -0.3 is 9.15 Å². The second-order valence-electron chi connectivity index (χ2n) is 6.21. The Labute approximate surface area is 169 Å². The molecule has 0 amide bonds. The van der Waals surface area contributed by atoms with E-state index in [0.717, 1.165) is 0 Å². The van der Waals surface area contributed by atoms with E-state index in [2.05, 4.69) is 21.4 Å². The van der Waals surface area contributed by atoms with Crippen LogP contribution in [0.1, 0.15) is 13.3 Å². The average molecular weight is 417 g/mol. The van der Waals surface area contributed by atoms with E-state index < -0.39 is 12.1 Å². The maximum absolute atomic E-state index is 12.3. The molecule has 0 radical (unpaired) electrons. The molecule has 0 atom stereocenters. The fraction of sp³-hybridized carbons (Fsp3) is 0.190. The van der Waals surface area contributed by atoms with E-state index in [0.29, 0.717) is 40.9 Å². The molecule has 2 aromatic carbocycles. The predicted molar refractivity (Wildman–Crippen MR) is 109 cm³/mol. The number of aryl methyl sites for hydroxylation is 1. The number of oxazole rings is 1. The van der Waals surface area contributed by atoms with E-state index in [4.69, 9.17) is 4.42 Å². The van der Waals surface area contributed by atoms with Crippen molar-refractivity contribution in [2.45, 2.75) is 26.3 Å². The number of alkyl halides is 3. The van der Waals surface area contributed by atoms with Crippen molar-refractivity contribution in [2.24, 2.45) is 9.98 Å². The minimum atomic E-state index is -4.75. The van der Waals surface area contributed by atoms with E-state index in [-0.39, 0.29) is 5.75 Å². The summed E-state index contributed by atoms with van der Waals surface area (Å²) in [5.74, 6) is -0.822. The van der Waals surface area contributed by atoms with Gasteiger partial charge in [0.15, 0.2) is 5.58 Å². The third-order valence-corrected chi connectivity index (χ3v) is 4.26. The number of halogens is 3. The first-order valence-corrected chi connectivity index (χ1v) is 8.94. The first-order valence-electron chi connectivity index (χ1n) is 8.94. The second kappa shape index (κ2) is 8.81. The Morgan fingerprint density at radius 3 is 2.53 bits per heavy atom. The lowest BCUT2D eigenvalue weighted by atomic mass is 10.1. The zero-order valence-corrected chi connectivity index (χ0v) is 16.0. The first-order chi connectivity index (χ1) is 14.3. The van der Waals surface area contributed by atoms with Crippen LogP contribution in [0.4, 0.5) is 13.2 Å². The molecule has 0 saturated heterocycles. The Morgan fingerprint density at radius 2 is 1.90 bits per heavy atom. The van der Waals surface area contributed by atoms with E-state index in [1.54, 1.807) is 37.5 Å². The van der Waals surface area contributed by atoms with Crippen LogP contribution in [0.25, 0.3) is 22.2 Å². The monoisotopic (exact) mass is 417 g/mol. The molecule has 0 unspecified atom stereocenters. The van der Waals surface area contributed by atoms with Crippen LogP contribution in [-0.4, -0.2) is 23.9 Å². The molecule has 3 aromatic rings. The number of hydrogen-bond acceptors (Lipinski definition) is 5. The van der Waals surface area contributed by atoms with Gasteiger partial charge in [-0.1, -0.05) is 18.2 Å². The molecule has 6 nitrogen and oxygen atoms in total. The van der Waals surface area contributed by atoms with Gasteiger partial charge in [-0.25, -0.2) is 4.79 Å². The molecule has 0 spiro atoms. The number of hydrogen-bond donors (Lipinski definition) is 0. The molecular weight excluding hydrogens is 399 g/mol. The topological polar surface area (TPSA) is 69.1 Å². The summed E-state index contributed by atoms with van der Waals surface area (Å²) in [5, 5.41) is 0. The van der Waals surface area contributed by atoms with Crippen molar-refractivity contribution >= 4 is 24.0 Å². The highest BCUT2D eigenvalue weighted by atomic mass is 19.4. The number of allylic oxidation sites excluding steroid dienone is 1. The second-order valence-corrected chi connectivity index (χ2v) is 6.21. The van der Waals surface area contributed by atoms with Crippen LogP contribution in [0.3, 0.4) is 0 Å². The number of nitrogens with zero attached hydrogens (tertiary/aromatic N) is 3. The summed E-state index contributed by atoms with van der Waals surface area (Å²) in [6.45, 7) is 5.57. The molecular formula is C21H18F3N3O3. The highest BCUT2D eigenvalue weighted by Crippen LogP contribution is 2.28. The fourth-order valence-electron chi connectivity index (χ4n) is 2.87. The summed E-state index contributed by atoms with van der Waals surface area (Å²) in [5.41, 5.74) is 2.96. The van der Waals surface area contributed by atoms with Gasteiger partial charge in [0.1, 0.15) is 5.75 Å². The zero-order chi connectivity index (χ0) is 21.7. The largest absolute Gasteiger partial charge is 0.573 e. The summed E-state index contributed by atoms with van der Waals surface area (Å²) >= 11 is 0. The summed E-state index contributed by atoms with van der Waals surface area (Å²) < 4.78 is 47.6. The van der Waals surface area contributed by atoms with Gasteiger partial charge >= 0.3 is 12.1 Å². The minimum Gasteiger partial charge on any atom is -0.408 e. The molecule has 0 aliphatic rings. The smallest absolute Gasteiger partial charge is 0.408 e. The summed E-state index contributed by atoms with van der Waals surface area (Å²) in [6.07, 6.45) is -1.15. The van der Waals surface area contributed by atoms with Crippen molar-refractivity contribution < 1.29 is 22.3 Å². The van der Waals surface area contributed by atoms with E-state index in [1.807, 2.05) is 0 Å². The fourth-order valence-corrected chi connectivity index (χ4v) is 2.87. The molecule has 0 saturated carbocycles. The molecule has 0 bridgehead atoms. The Kier molecular flexibility index (Phi) is 6.20. The number of aromatic nitrogens is 1. The van der Waals surface area contributed by atoms with Crippen molar-refractivity contribution in [3.8, 4) is 16.9 Å². The van der Waals surface area contributed by atoms with Crippen LogP contribution in [-0.2, 0) is 6.54 Å². The Balaban J connectivity index is 1.89. The maximum Gasteiger partial charge on any atom is 0.573 e. The lowest BCUT2D eigenvalue weighted by molar-refractivity contribution is -0.274. The van der Waals surface area contributed by atoms with Gasteiger partial charge in [0.25, 0.3) is 0 Å². The lowest BCUT2D eigenvalue weighted by Gasteiger charge is -2.09. The van der Waals surface area contributed by atoms with Crippen LogP contribution < -0.4 is 10.5 Å². The number of benzene rings is 2. The summed E-state index contributed by atoms with van der Waals surface area (Å²) in [6, 6.07) is 10.6. The van der Waals surface area contributed by atoms with Crippen LogP contribution in [0.2, 0.25) is 0 Å². The van der Waals surface area contributed by atoms with Crippen LogP contribution in [0.15, 0.2) is 73.6 Å². The third kappa shape index (κ3) is 5.05. The Morgan fingerprint density at radius 1 is 1.20 bits per heavy atom. The molecule has 0 fully saturated rings. The molecule has 0 N–H and O–H groups in total. The van der Waals surface area contributed by atoms with E-state index in [9.17, 15) is 18.0 Å². The number of aliphatic imine (C=N–C) groups is 2. The van der Waals surface area contributed by atoms with Crippen molar-refractivity contribution in [1.82, 2.24) is 4.57 Å². The number of ether oxygens (including phenoxy) is 1. The molecule has 9 heteroatoms. The Bertz CT molecular complexity index is 1160. The van der Waals surface area contributed by atoms with Crippen molar-refractivity contribution in [3.63, 3.8) is 0 Å². The van der Waals surface area contributed by atoms with Crippen LogP contribution >= 0.6 is 0 Å². The first kappa shape index (κ1) is 21.1. The van der Waals surface area contributed by atoms with Gasteiger partial charge in [0.05, 0.1) is 11.2 Å². The zero-order valence-electron chi connectivity index (χ0n) is 16.0. The highest BCUT2D eigenvalue weighted by molar-refractivity contribution is 5.80. The van der Waals surface area contributed by atoms with Crippen LogP contribution in [0, 0.1) is 0 Å². The predicted octanol–water partition coefficient (Wildman–Crippen LogP) is 5.18. The van der Waals surface area contributed by atoms with Crippen molar-refractivity contribution in [2.75, 3.05) is 0 Å². The molecule has 0 aliphatic carbocycles. The molecule has 0 aliphatic heterocycles.